The molecule has 0 aromatic carbocycles. The third kappa shape index (κ3) is 4.99. The third-order valence-corrected chi connectivity index (χ3v) is 4.01. The van der Waals surface area contributed by atoms with Crippen LogP contribution in [-0.2, 0) is 4.79 Å². The largest absolute Gasteiger partial charge is 0.328 e. The van der Waals surface area contributed by atoms with E-state index < -0.39 is 0 Å². The molecule has 0 bridgehead atoms. The van der Waals surface area contributed by atoms with Gasteiger partial charge in [-0.1, -0.05) is 13.0 Å². The van der Waals surface area contributed by atoms with Crippen molar-refractivity contribution in [3.63, 3.8) is 0 Å². The van der Waals surface area contributed by atoms with Gasteiger partial charge in [0.05, 0.1) is 6.54 Å². The minimum absolute atomic E-state index is 0.0441. The lowest BCUT2D eigenvalue weighted by Crippen LogP contribution is -2.46. The van der Waals surface area contributed by atoms with Crippen LogP contribution in [0.2, 0.25) is 0 Å². The summed E-state index contributed by atoms with van der Waals surface area (Å²) in [7, 11) is 0. The first kappa shape index (κ1) is 15.7. The van der Waals surface area contributed by atoms with Crippen LogP contribution in [0.5, 0.6) is 0 Å². The average molecular weight is 291 g/mol. The maximum atomic E-state index is 12.0. The number of hydrazine groups is 1. The zero-order chi connectivity index (χ0) is 15.1. The number of rotatable bonds is 6. The van der Waals surface area contributed by atoms with Crippen molar-refractivity contribution in [2.75, 3.05) is 18.5 Å². The van der Waals surface area contributed by atoms with Gasteiger partial charge in [-0.15, -0.1) is 0 Å². The van der Waals surface area contributed by atoms with Gasteiger partial charge in [-0.25, -0.2) is 4.98 Å². The molecule has 4 N–H and O–H groups in total. The van der Waals surface area contributed by atoms with Crippen LogP contribution in [0.1, 0.15) is 32.6 Å². The zero-order valence-corrected chi connectivity index (χ0v) is 12.6. The summed E-state index contributed by atoms with van der Waals surface area (Å²) in [6.07, 6.45) is 5.94. The number of carbonyl (C=O) groups is 1. The van der Waals surface area contributed by atoms with Crippen molar-refractivity contribution >= 4 is 11.7 Å². The molecular weight excluding hydrogens is 266 g/mol. The van der Waals surface area contributed by atoms with E-state index in [-0.39, 0.29) is 5.91 Å². The van der Waals surface area contributed by atoms with Gasteiger partial charge in [0.1, 0.15) is 5.82 Å². The van der Waals surface area contributed by atoms with E-state index in [1.54, 1.807) is 12.3 Å². The monoisotopic (exact) mass is 291 g/mol. The van der Waals surface area contributed by atoms with E-state index in [0.717, 1.165) is 32.2 Å². The highest BCUT2D eigenvalue weighted by atomic mass is 16.2. The van der Waals surface area contributed by atoms with Crippen molar-refractivity contribution in [3.8, 4) is 0 Å². The van der Waals surface area contributed by atoms with Gasteiger partial charge in [-0.2, -0.15) is 0 Å². The molecule has 1 saturated carbocycles. The maximum absolute atomic E-state index is 12.0. The molecule has 0 radical (unpaired) electrons. The van der Waals surface area contributed by atoms with E-state index >= 15 is 0 Å². The number of hydrogen-bond donors (Lipinski definition) is 3. The molecular formula is C15H25N5O. The van der Waals surface area contributed by atoms with Crippen LogP contribution in [0.4, 0.5) is 5.82 Å². The number of likely N-dealkylation sites (N-methyl/N-ethyl adjacent to an activating group) is 1. The van der Waals surface area contributed by atoms with E-state index in [2.05, 4.69) is 27.7 Å². The van der Waals surface area contributed by atoms with Crippen molar-refractivity contribution in [1.29, 1.82) is 0 Å². The molecule has 2 rings (SSSR count). The van der Waals surface area contributed by atoms with Crippen LogP contribution in [0.25, 0.3) is 0 Å². The van der Waals surface area contributed by atoms with E-state index in [1.165, 1.54) is 0 Å². The van der Waals surface area contributed by atoms with E-state index in [4.69, 9.17) is 5.73 Å². The number of pyridine rings is 1. The summed E-state index contributed by atoms with van der Waals surface area (Å²) in [5, 5.41) is 0. The number of nitrogens with two attached hydrogens (primary N) is 1. The molecule has 1 heterocycles. The molecule has 21 heavy (non-hydrogen) atoms. The Kier molecular flexibility index (Phi) is 5.95. The number of amides is 1. The Morgan fingerprint density at radius 1 is 1.38 bits per heavy atom. The quantitative estimate of drug-likeness (QED) is 0.684. The second-order valence-corrected chi connectivity index (χ2v) is 5.52. The Bertz CT molecular complexity index is 431. The first-order valence-electron chi connectivity index (χ1n) is 7.64. The molecule has 1 aliphatic carbocycles. The van der Waals surface area contributed by atoms with Crippen LogP contribution >= 0.6 is 0 Å². The fourth-order valence-corrected chi connectivity index (χ4v) is 2.76. The smallest absolute Gasteiger partial charge is 0.252 e. The number of anilines is 1. The predicted molar refractivity (Wildman–Crippen MR) is 83.5 cm³/mol. The number of hydrogen-bond acceptors (Lipinski definition) is 5. The zero-order valence-electron chi connectivity index (χ0n) is 12.6. The summed E-state index contributed by atoms with van der Waals surface area (Å²) in [5.41, 5.74) is 11.5. The maximum Gasteiger partial charge on any atom is 0.252 e. The molecule has 1 aliphatic rings. The molecule has 0 unspecified atom stereocenters. The Morgan fingerprint density at radius 2 is 2.14 bits per heavy atom. The van der Waals surface area contributed by atoms with Crippen LogP contribution in [0, 0.1) is 0 Å². The van der Waals surface area contributed by atoms with Gasteiger partial charge in [0, 0.05) is 18.3 Å². The summed E-state index contributed by atoms with van der Waals surface area (Å²) in [6.45, 7) is 3.36. The third-order valence-electron chi connectivity index (χ3n) is 4.01. The van der Waals surface area contributed by atoms with Gasteiger partial charge in [0.25, 0.3) is 5.91 Å². The molecule has 6 nitrogen and oxygen atoms in total. The molecule has 1 fully saturated rings. The highest BCUT2D eigenvalue weighted by molar-refractivity contribution is 5.79. The van der Waals surface area contributed by atoms with E-state index in [9.17, 15) is 4.79 Å². The van der Waals surface area contributed by atoms with Crippen molar-refractivity contribution in [1.82, 2.24) is 15.3 Å². The average Bonchev–Trinajstić information content (AvgIpc) is 2.52. The molecule has 0 aliphatic heterocycles. The van der Waals surface area contributed by atoms with Gasteiger partial charge in [-0.3, -0.25) is 20.5 Å². The highest BCUT2D eigenvalue weighted by Gasteiger charge is 2.24. The van der Waals surface area contributed by atoms with Gasteiger partial charge in [0.2, 0.25) is 0 Å². The van der Waals surface area contributed by atoms with Gasteiger partial charge in [-0.05, 0) is 44.4 Å². The van der Waals surface area contributed by atoms with Gasteiger partial charge in [0.15, 0.2) is 0 Å². The Labute approximate surface area is 126 Å². The Hall–Kier alpha value is -1.66. The molecule has 1 aromatic rings. The molecule has 6 heteroatoms. The number of nitrogens with one attached hydrogen (secondary N) is 2. The topological polar surface area (TPSA) is 83.3 Å². The normalized spacial score (nSPS) is 22.0. The summed E-state index contributed by atoms with van der Waals surface area (Å²) < 4.78 is 0. The summed E-state index contributed by atoms with van der Waals surface area (Å²) in [6, 6.07) is 6.31. The summed E-state index contributed by atoms with van der Waals surface area (Å²) in [5.74, 6) is 0.593. The van der Waals surface area contributed by atoms with E-state index in [1.807, 2.05) is 12.1 Å². The molecule has 116 valence electrons. The molecule has 0 saturated heterocycles. The fraction of sp³-hybridized carbons (Fsp3) is 0.600. The van der Waals surface area contributed by atoms with Gasteiger partial charge < -0.3 is 5.73 Å². The minimum Gasteiger partial charge on any atom is -0.328 e. The minimum atomic E-state index is -0.0441. The lowest BCUT2D eigenvalue weighted by molar-refractivity contribution is -0.122. The Balaban J connectivity index is 1.77. The van der Waals surface area contributed by atoms with Gasteiger partial charge >= 0.3 is 0 Å². The van der Waals surface area contributed by atoms with Crippen molar-refractivity contribution < 1.29 is 4.79 Å². The lowest BCUT2D eigenvalue weighted by Gasteiger charge is -2.34. The summed E-state index contributed by atoms with van der Waals surface area (Å²) in [4.78, 5) is 18.3. The molecule has 0 spiro atoms. The fourth-order valence-electron chi connectivity index (χ4n) is 2.76. The first-order chi connectivity index (χ1) is 10.2. The highest BCUT2D eigenvalue weighted by Crippen LogP contribution is 2.21. The van der Waals surface area contributed by atoms with Crippen molar-refractivity contribution in [2.24, 2.45) is 5.73 Å². The van der Waals surface area contributed by atoms with Crippen LogP contribution in [0.3, 0.4) is 0 Å². The second kappa shape index (κ2) is 7.95. The van der Waals surface area contributed by atoms with Crippen molar-refractivity contribution in [2.45, 2.75) is 44.7 Å². The summed E-state index contributed by atoms with van der Waals surface area (Å²) >= 11 is 0. The second-order valence-electron chi connectivity index (χ2n) is 5.52. The van der Waals surface area contributed by atoms with Crippen LogP contribution in [0.15, 0.2) is 24.4 Å². The lowest BCUT2D eigenvalue weighted by atomic mass is 9.91. The first-order valence-corrected chi connectivity index (χ1v) is 7.64. The standard InChI is InChI=1S/C15H25N5O/c1-2-20(13-8-6-12(16)7-9-13)11-15(21)19-18-14-5-3-4-10-17-14/h3-5,10,12-13H,2,6-9,11,16H2,1H3,(H,17,18)(H,19,21). The van der Waals surface area contributed by atoms with Crippen molar-refractivity contribution in [3.05, 3.63) is 24.4 Å². The molecule has 0 atom stereocenters. The van der Waals surface area contributed by atoms with Crippen LogP contribution < -0.4 is 16.6 Å². The van der Waals surface area contributed by atoms with Crippen LogP contribution in [-0.4, -0.2) is 41.0 Å². The number of nitrogens with zero attached hydrogens (tertiary/aromatic N) is 2. The Morgan fingerprint density at radius 3 is 2.76 bits per heavy atom. The molecule has 1 aromatic heterocycles. The molecule has 1 amide bonds. The number of aromatic nitrogens is 1. The number of carbonyl (C=O) groups excluding carboxylic acids is 1. The van der Waals surface area contributed by atoms with E-state index in [0.29, 0.717) is 24.4 Å². The predicted octanol–water partition coefficient (Wildman–Crippen LogP) is 1.12. The SMILES string of the molecule is CCN(CC(=O)NNc1ccccn1)C1CCC(N)CC1.